The van der Waals surface area contributed by atoms with Crippen LogP contribution in [0.4, 0.5) is 5.69 Å². The van der Waals surface area contributed by atoms with Crippen LogP contribution in [0.1, 0.15) is 38.3 Å². The second-order valence-electron chi connectivity index (χ2n) is 7.55. The first-order valence-electron chi connectivity index (χ1n) is 10.00. The molecule has 0 radical (unpaired) electrons. The number of pyridine rings is 1. The standard InChI is InChI=1S/C24H21N5O2/c1-14-10-18-13-26-28-29(18)15(2)22(14)24(30)27-17-9-8-16-12-25-23(20(16)11-17)19-6-4-5-7-21(19)31-3/h4-11,13H,12H2,1-3H3,(H,27,30). The normalized spacial score (nSPS) is 12.5. The van der Waals surface area contributed by atoms with Gasteiger partial charge in [-0.25, -0.2) is 4.52 Å². The quantitative estimate of drug-likeness (QED) is 0.551. The molecular weight excluding hydrogens is 390 g/mol. The van der Waals surface area contributed by atoms with Crippen LogP contribution in [0.3, 0.4) is 0 Å². The molecule has 4 aromatic rings. The summed E-state index contributed by atoms with van der Waals surface area (Å²) in [6, 6.07) is 15.6. The molecule has 0 saturated heterocycles. The largest absolute Gasteiger partial charge is 0.496 e. The molecule has 0 fully saturated rings. The molecule has 0 aliphatic carbocycles. The Bertz CT molecular complexity index is 1370. The maximum Gasteiger partial charge on any atom is 0.257 e. The van der Waals surface area contributed by atoms with Crippen molar-refractivity contribution in [3.63, 3.8) is 0 Å². The summed E-state index contributed by atoms with van der Waals surface area (Å²) in [6.07, 6.45) is 1.68. The number of carbonyl (C=O) groups is 1. The van der Waals surface area contributed by atoms with E-state index < -0.39 is 0 Å². The molecule has 0 atom stereocenters. The van der Waals surface area contributed by atoms with Crippen LogP contribution in [0.2, 0.25) is 0 Å². The number of aryl methyl sites for hydroxylation is 2. The lowest BCUT2D eigenvalue weighted by molar-refractivity contribution is 0.102. The van der Waals surface area contributed by atoms with Crippen LogP contribution in [0, 0.1) is 13.8 Å². The van der Waals surface area contributed by atoms with E-state index in [9.17, 15) is 4.79 Å². The molecule has 2 aromatic heterocycles. The van der Waals surface area contributed by atoms with Gasteiger partial charge in [0, 0.05) is 16.8 Å². The van der Waals surface area contributed by atoms with Gasteiger partial charge in [0.1, 0.15) is 5.75 Å². The van der Waals surface area contributed by atoms with Crippen LogP contribution in [0.15, 0.2) is 59.7 Å². The van der Waals surface area contributed by atoms with Gasteiger partial charge in [-0.2, -0.15) is 0 Å². The molecular formula is C24H21N5O2. The molecule has 1 N–H and O–H groups in total. The SMILES string of the molecule is COc1ccccc1C1=NCc2ccc(NC(=O)c3c(C)cc4cnnn4c3C)cc21. The Kier molecular flexibility index (Phi) is 4.51. The van der Waals surface area contributed by atoms with Crippen molar-refractivity contribution in [2.75, 3.05) is 12.4 Å². The summed E-state index contributed by atoms with van der Waals surface area (Å²) in [4.78, 5) is 17.9. The van der Waals surface area contributed by atoms with E-state index >= 15 is 0 Å². The number of methoxy groups -OCH3 is 1. The first-order valence-corrected chi connectivity index (χ1v) is 10.00. The second kappa shape index (κ2) is 7.36. The molecule has 1 amide bonds. The van der Waals surface area contributed by atoms with Crippen LogP contribution < -0.4 is 10.1 Å². The summed E-state index contributed by atoms with van der Waals surface area (Å²) < 4.78 is 7.19. The van der Waals surface area contributed by atoms with Crippen LogP contribution in [-0.2, 0) is 6.54 Å². The molecule has 31 heavy (non-hydrogen) atoms. The van der Waals surface area contributed by atoms with E-state index in [0.29, 0.717) is 17.8 Å². The average Bonchev–Trinajstić information content (AvgIpc) is 3.40. The number of amides is 1. The lowest BCUT2D eigenvalue weighted by atomic mass is 9.98. The van der Waals surface area contributed by atoms with Crippen molar-refractivity contribution in [3.8, 4) is 5.75 Å². The average molecular weight is 411 g/mol. The molecule has 7 heteroatoms. The first kappa shape index (κ1) is 19.0. The summed E-state index contributed by atoms with van der Waals surface area (Å²) in [5.41, 5.74) is 7.74. The molecule has 0 unspecified atom stereocenters. The minimum absolute atomic E-state index is 0.180. The van der Waals surface area contributed by atoms with Gasteiger partial charge < -0.3 is 10.1 Å². The lowest BCUT2D eigenvalue weighted by Gasteiger charge is -2.13. The first-order chi connectivity index (χ1) is 15.1. The summed E-state index contributed by atoms with van der Waals surface area (Å²) in [7, 11) is 1.66. The molecule has 1 aliphatic heterocycles. The Morgan fingerprint density at radius 3 is 2.77 bits per heavy atom. The van der Waals surface area contributed by atoms with Crippen molar-refractivity contribution in [1.29, 1.82) is 0 Å². The number of carbonyl (C=O) groups excluding carboxylic acids is 1. The third-order valence-electron chi connectivity index (χ3n) is 5.63. The third-order valence-corrected chi connectivity index (χ3v) is 5.63. The highest BCUT2D eigenvalue weighted by molar-refractivity contribution is 6.17. The zero-order valence-electron chi connectivity index (χ0n) is 17.5. The number of benzene rings is 2. The maximum absolute atomic E-state index is 13.2. The molecule has 0 bridgehead atoms. The van der Waals surface area contributed by atoms with Crippen molar-refractivity contribution in [1.82, 2.24) is 14.8 Å². The van der Waals surface area contributed by atoms with E-state index in [1.54, 1.807) is 17.8 Å². The highest BCUT2D eigenvalue weighted by atomic mass is 16.5. The summed E-state index contributed by atoms with van der Waals surface area (Å²) in [5.74, 6) is 0.594. The maximum atomic E-state index is 13.2. The molecule has 154 valence electrons. The number of rotatable bonds is 4. The van der Waals surface area contributed by atoms with Gasteiger partial charge in [0.05, 0.1) is 42.3 Å². The number of anilines is 1. The van der Waals surface area contributed by atoms with E-state index in [1.165, 1.54) is 0 Å². The van der Waals surface area contributed by atoms with Gasteiger partial charge in [-0.1, -0.05) is 23.4 Å². The van der Waals surface area contributed by atoms with E-state index in [4.69, 9.17) is 9.73 Å². The number of para-hydroxylation sites is 1. The molecule has 5 rings (SSSR count). The number of aromatic nitrogens is 3. The number of fused-ring (bicyclic) bond motifs is 2. The van der Waals surface area contributed by atoms with Crippen LogP contribution in [0.5, 0.6) is 5.75 Å². The van der Waals surface area contributed by atoms with E-state index in [-0.39, 0.29) is 5.91 Å². The fourth-order valence-electron chi connectivity index (χ4n) is 4.16. The fraction of sp³-hybridized carbons (Fsp3) is 0.167. The topological polar surface area (TPSA) is 80.9 Å². The Morgan fingerprint density at radius 2 is 1.94 bits per heavy atom. The predicted molar refractivity (Wildman–Crippen MR) is 119 cm³/mol. The molecule has 7 nitrogen and oxygen atoms in total. The Labute approximate surface area is 179 Å². The summed E-state index contributed by atoms with van der Waals surface area (Å²) in [6.45, 7) is 4.40. The number of hydrogen-bond donors (Lipinski definition) is 1. The lowest BCUT2D eigenvalue weighted by Crippen LogP contribution is -2.17. The number of nitrogens with zero attached hydrogens (tertiary/aromatic N) is 4. The molecule has 0 saturated carbocycles. The number of aliphatic imine (C=N–C) groups is 1. The van der Waals surface area contributed by atoms with Gasteiger partial charge in [-0.05, 0) is 55.3 Å². The van der Waals surface area contributed by atoms with Crippen molar-refractivity contribution in [2.45, 2.75) is 20.4 Å². The predicted octanol–water partition coefficient (Wildman–Crippen LogP) is 3.96. The van der Waals surface area contributed by atoms with Gasteiger partial charge in [0.25, 0.3) is 5.91 Å². The Balaban J connectivity index is 1.49. The van der Waals surface area contributed by atoms with Crippen LogP contribution in [0.25, 0.3) is 5.52 Å². The van der Waals surface area contributed by atoms with E-state index in [0.717, 1.165) is 44.9 Å². The summed E-state index contributed by atoms with van der Waals surface area (Å²) in [5, 5.41) is 11.1. The van der Waals surface area contributed by atoms with Gasteiger partial charge in [0.15, 0.2) is 0 Å². The van der Waals surface area contributed by atoms with Crippen molar-refractivity contribution < 1.29 is 9.53 Å². The molecule has 0 spiro atoms. The minimum Gasteiger partial charge on any atom is -0.496 e. The van der Waals surface area contributed by atoms with E-state index in [2.05, 4.69) is 15.6 Å². The van der Waals surface area contributed by atoms with Gasteiger partial charge in [0.2, 0.25) is 0 Å². The number of ether oxygens (including phenoxy) is 1. The van der Waals surface area contributed by atoms with Crippen molar-refractivity contribution in [2.24, 2.45) is 4.99 Å². The van der Waals surface area contributed by atoms with E-state index in [1.807, 2.05) is 62.4 Å². The van der Waals surface area contributed by atoms with Crippen molar-refractivity contribution >= 4 is 22.8 Å². The zero-order chi connectivity index (χ0) is 21.5. The molecule has 2 aromatic carbocycles. The zero-order valence-corrected chi connectivity index (χ0v) is 17.5. The van der Waals surface area contributed by atoms with Gasteiger partial charge in [-0.3, -0.25) is 9.79 Å². The molecule has 3 heterocycles. The monoisotopic (exact) mass is 411 g/mol. The third kappa shape index (κ3) is 3.15. The highest BCUT2D eigenvalue weighted by Gasteiger charge is 2.22. The summed E-state index contributed by atoms with van der Waals surface area (Å²) >= 11 is 0. The second-order valence-corrected chi connectivity index (χ2v) is 7.55. The van der Waals surface area contributed by atoms with Crippen molar-refractivity contribution in [3.05, 3.63) is 88.2 Å². The van der Waals surface area contributed by atoms with Gasteiger partial charge >= 0.3 is 0 Å². The molecule has 1 aliphatic rings. The minimum atomic E-state index is -0.180. The highest BCUT2D eigenvalue weighted by Crippen LogP contribution is 2.30. The number of nitrogens with one attached hydrogen (secondary N) is 1. The van der Waals surface area contributed by atoms with Gasteiger partial charge in [-0.15, -0.1) is 5.10 Å². The smallest absolute Gasteiger partial charge is 0.257 e. The Morgan fingerprint density at radius 1 is 1.10 bits per heavy atom. The van der Waals surface area contributed by atoms with Crippen LogP contribution in [-0.4, -0.2) is 33.6 Å². The Hall–Kier alpha value is -4.00. The fourth-order valence-corrected chi connectivity index (χ4v) is 4.16. The number of hydrogen-bond acceptors (Lipinski definition) is 5. The van der Waals surface area contributed by atoms with Crippen LogP contribution >= 0.6 is 0 Å².